The summed E-state index contributed by atoms with van der Waals surface area (Å²) < 4.78 is 31.8. The molecule has 0 bridgehead atoms. The minimum atomic E-state index is -3.54. The highest BCUT2D eigenvalue weighted by atomic mass is 32.2. The number of nitrogens with zero attached hydrogens (tertiary/aromatic N) is 3. The smallest absolute Gasteiger partial charge is 0.359 e. The Bertz CT molecular complexity index is 1090. The first kappa shape index (κ1) is 19.5. The van der Waals surface area contributed by atoms with E-state index in [1.54, 1.807) is 28.8 Å². The van der Waals surface area contributed by atoms with Gasteiger partial charge in [0.1, 0.15) is 5.65 Å². The molecule has 9 nitrogen and oxygen atoms in total. The quantitative estimate of drug-likeness (QED) is 0.624. The molecule has 146 valence electrons. The first-order chi connectivity index (χ1) is 13.3. The minimum Gasteiger partial charge on any atom is -0.451 e. The van der Waals surface area contributed by atoms with Gasteiger partial charge in [0.2, 0.25) is 10.0 Å². The van der Waals surface area contributed by atoms with Gasteiger partial charge in [0.15, 0.2) is 12.3 Å². The Kier molecular flexibility index (Phi) is 5.43. The summed E-state index contributed by atoms with van der Waals surface area (Å²) >= 11 is 0. The van der Waals surface area contributed by atoms with E-state index in [4.69, 9.17) is 4.74 Å². The molecule has 0 spiro atoms. The Morgan fingerprint density at radius 2 is 1.86 bits per heavy atom. The molecule has 0 saturated carbocycles. The molecular formula is C18H18N4O5S. The van der Waals surface area contributed by atoms with E-state index in [0.29, 0.717) is 11.3 Å². The lowest BCUT2D eigenvalue weighted by atomic mass is 10.3. The van der Waals surface area contributed by atoms with Crippen LogP contribution in [-0.2, 0) is 19.6 Å². The van der Waals surface area contributed by atoms with E-state index in [1.807, 2.05) is 0 Å². The van der Waals surface area contributed by atoms with Crippen LogP contribution in [0.3, 0.4) is 0 Å². The lowest BCUT2D eigenvalue weighted by Gasteiger charge is -2.12. The van der Waals surface area contributed by atoms with Gasteiger partial charge in [-0.25, -0.2) is 22.5 Å². The van der Waals surface area contributed by atoms with Crippen molar-refractivity contribution in [1.29, 1.82) is 0 Å². The van der Waals surface area contributed by atoms with Gasteiger partial charge in [0, 0.05) is 32.2 Å². The summed E-state index contributed by atoms with van der Waals surface area (Å²) in [5, 5.41) is 2.53. The molecule has 3 aromatic rings. The standard InChI is InChI=1S/C18H18N4O5S/c1-21(2)28(25,26)14-8-6-13(7-9-14)19-17(23)12-27-18(24)15-11-22-10-4-3-5-16(22)20-15/h3-11H,12H2,1-2H3,(H,19,23). The summed E-state index contributed by atoms with van der Waals surface area (Å²) in [5.74, 6) is -1.27. The number of aromatic nitrogens is 2. The zero-order chi connectivity index (χ0) is 20.3. The summed E-state index contributed by atoms with van der Waals surface area (Å²) in [6.07, 6.45) is 3.26. The summed E-state index contributed by atoms with van der Waals surface area (Å²) in [7, 11) is -0.677. The van der Waals surface area contributed by atoms with Crippen LogP contribution >= 0.6 is 0 Å². The highest BCUT2D eigenvalue weighted by molar-refractivity contribution is 7.89. The van der Waals surface area contributed by atoms with Crippen molar-refractivity contribution >= 4 is 33.2 Å². The van der Waals surface area contributed by atoms with Crippen LogP contribution in [0.5, 0.6) is 0 Å². The van der Waals surface area contributed by atoms with E-state index < -0.39 is 28.5 Å². The largest absolute Gasteiger partial charge is 0.451 e. The highest BCUT2D eigenvalue weighted by Crippen LogP contribution is 2.16. The number of imidazole rings is 1. The number of esters is 1. The van der Waals surface area contributed by atoms with Crippen LogP contribution in [-0.4, -0.2) is 54.7 Å². The molecule has 1 N–H and O–H groups in total. The third-order valence-electron chi connectivity index (χ3n) is 3.82. The van der Waals surface area contributed by atoms with E-state index in [-0.39, 0.29) is 10.6 Å². The number of nitrogens with one attached hydrogen (secondary N) is 1. The summed E-state index contributed by atoms with van der Waals surface area (Å²) in [4.78, 5) is 28.2. The minimum absolute atomic E-state index is 0.0947. The summed E-state index contributed by atoms with van der Waals surface area (Å²) in [6, 6.07) is 11.0. The fourth-order valence-corrected chi connectivity index (χ4v) is 3.26. The number of ether oxygens (including phenoxy) is 1. The number of fused-ring (bicyclic) bond motifs is 1. The number of carbonyl (C=O) groups is 2. The van der Waals surface area contributed by atoms with Crippen molar-refractivity contribution in [2.75, 3.05) is 26.0 Å². The predicted molar refractivity (Wildman–Crippen MR) is 101 cm³/mol. The molecule has 0 aliphatic rings. The van der Waals surface area contributed by atoms with E-state index >= 15 is 0 Å². The second-order valence-corrected chi connectivity index (χ2v) is 8.18. The van der Waals surface area contributed by atoms with Crippen molar-refractivity contribution < 1.29 is 22.7 Å². The molecule has 28 heavy (non-hydrogen) atoms. The number of amides is 1. The Morgan fingerprint density at radius 1 is 1.14 bits per heavy atom. The van der Waals surface area contributed by atoms with Crippen LogP contribution in [0.1, 0.15) is 10.5 Å². The van der Waals surface area contributed by atoms with Crippen molar-refractivity contribution in [3.05, 3.63) is 60.6 Å². The van der Waals surface area contributed by atoms with Gasteiger partial charge in [0.25, 0.3) is 5.91 Å². The molecule has 1 amide bonds. The lowest BCUT2D eigenvalue weighted by molar-refractivity contribution is -0.119. The van der Waals surface area contributed by atoms with Crippen LogP contribution in [0.15, 0.2) is 59.8 Å². The van der Waals surface area contributed by atoms with Crippen LogP contribution in [0, 0.1) is 0 Å². The monoisotopic (exact) mass is 402 g/mol. The molecule has 10 heteroatoms. The maximum Gasteiger partial charge on any atom is 0.359 e. The molecule has 1 aromatic carbocycles. The maximum atomic E-state index is 12.0. The van der Waals surface area contributed by atoms with Crippen molar-refractivity contribution in [2.45, 2.75) is 4.90 Å². The lowest BCUT2D eigenvalue weighted by Crippen LogP contribution is -2.22. The zero-order valence-corrected chi connectivity index (χ0v) is 16.0. The van der Waals surface area contributed by atoms with E-state index in [9.17, 15) is 18.0 Å². The van der Waals surface area contributed by atoms with Crippen molar-refractivity contribution in [3.8, 4) is 0 Å². The fraction of sp³-hybridized carbons (Fsp3) is 0.167. The topological polar surface area (TPSA) is 110 Å². The van der Waals surface area contributed by atoms with E-state index in [0.717, 1.165) is 4.31 Å². The average Bonchev–Trinajstić information content (AvgIpc) is 3.11. The van der Waals surface area contributed by atoms with E-state index in [2.05, 4.69) is 10.3 Å². The first-order valence-electron chi connectivity index (χ1n) is 8.20. The Balaban J connectivity index is 1.57. The molecule has 0 unspecified atom stereocenters. The predicted octanol–water partition coefficient (Wildman–Crippen LogP) is 1.38. The summed E-state index contributed by atoms with van der Waals surface area (Å²) in [5.41, 5.74) is 1.07. The van der Waals surface area contributed by atoms with Gasteiger partial charge in [-0.3, -0.25) is 4.79 Å². The van der Waals surface area contributed by atoms with Gasteiger partial charge in [-0.05, 0) is 36.4 Å². The third-order valence-corrected chi connectivity index (χ3v) is 5.65. The van der Waals surface area contributed by atoms with Gasteiger partial charge in [-0.1, -0.05) is 6.07 Å². The number of rotatable bonds is 6. The Morgan fingerprint density at radius 3 is 2.50 bits per heavy atom. The van der Waals surface area contributed by atoms with Crippen LogP contribution in [0.2, 0.25) is 0 Å². The van der Waals surface area contributed by atoms with Gasteiger partial charge in [0.05, 0.1) is 4.90 Å². The number of carbonyl (C=O) groups excluding carboxylic acids is 2. The first-order valence-corrected chi connectivity index (χ1v) is 9.65. The zero-order valence-electron chi connectivity index (χ0n) is 15.2. The van der Waals surface area contributed by atoms with Gasteiger partial charge in [-0.15, -0.1) is 0 Å². The Hall–Kier alpha value is -3.24. The molecule has 0 aliphatic carbocycles. The number of pyridine rings is 1. The number of anilines is 1. The fourth-order valence-electron chi connectivity index (χ4n) is 2.36. The van der Waals surface area contributed by atoms with Gasteiger partial charge >= 0.3 is 5.97 Å². The summed E-state index contributed by atoms with van der Waals surface area (Å²) in [6.45, 7) is -0.496. The molecular weight excluding hydrogens is 384 g/mol. The Labute approximate surface area is 161 Å². The molecule has 0 atom stereocenters. The number of benzene rings is 1. The highest BCUT2D eigenvalue weighted by Gasteiger charge is 2.17. The van der Waals surface area contributed by atoms with Crippen molar-refractivity contribution in [3.63, 3.8) is 0 Å². The van der Waals surface area contributed by atoms with Crippen LogP contribution in [0.25, 0.3) is 5.65 Å². The van der Waals surface area contributed by atoms with Gasteiger partial charge in [-0.2, -0.15) is 0 Å². The van der Waals surface area contributed by atoms with Crippen molar-refractivity contribution in [2.24, 2.45) is 0 Å². The van der Waals surface area contributed by atoms with Crippen molar-refractivity contribution in [1.82, 2.24) is 13.7 Å². The second-order valence-electron chi connectivity index (χ2n) is 6.03. The van der Waals surface area contributed by atoms with Gasteiger partial charge < -0.3 is 14.5 Å². The molecule has 2 aromatic heterocycles. The number of hydrogen-bond donors (Lipinski definition) is 1. The SMILES string of the molecule is CN(C)S(=O)(=O)c1ccc(NC(=O)COC(=O)c2cn3ccccc3n2)cc1. The normalized spacial score (nSPS) is 11.5. The number of hydrogen-bond acceptors (Lipinski definition) is 6. The molecule has 0 aliphatic heterocycles. The van der Waals surface area contributed by atoms with Crippen LogP contribution < -0.4 is 5.32 Å². The average molecular weight is 402 g/mol. The molecule has 0 fully saturated rings. The molecule has 2 heterocycles. The van der Waals surface area contributed by atoms with E-state index in [1.165, 1.54) is 44.6 Å². The molecule has 0 saturated heterocycles. The number of sulfonamides is 1. The second kappa shape index (κ2) is 7.79. The molecule has 0 radical (unpaired) electrons. The maximum absolute atomic E-state index is 12.0. The third kappa shape index (κ3) is 4.18. The molecule has 3 rings (SSSR count). The van der Waals surface area contributed by atoms with Crippen LogP contribution in [0.4, 0.5) is 5.69 Å².